The Hall–Kier alpha value is -1.26. The third-order valence-corrected chi connectivity index (χ3v) is 4.30. The molecule has 0 spiro atoms. The minimum absolute atomic E-state index is 0. The predicted molar refractivity (Wildman–Crippen MR) is 121 cm³/mol. The number of guanidine groups is 1. The zero-order valence-electron chi connectivity index (χ0n) is 17.7. The van der Waals surface area contributed by atoms with Crippen LogP contribution in [0.5, 0.6) is 0 Å². The largest absolute Gasteiger partial charge is 0.469 e. The number of hydrogen-bond acceptors (Lipinski definition) is 5. The Balaban J connectivity index is 0.00000729. The van der Waals surface area contributed by atoms with Crippen molar-refractivity contribution in [3.05, 3.63) is 0 Å². The molecule has 0 unspecified atom stereocenters. The van der Waals surface area contributed by atoms with E-state index in [1.54, 1.807) is 4.90 Å². The second-order valence-electron chi connectivity index (χ2n) is 7.79. The van der Waals surface area contributed by atoms with Crippen LogP contribution in [0.3, 0.4) is 0 Å². The molecule has 1 heterocycles. The van der Waals surface area contributed by atoms with Gasteiger partial charge in [-0.3, -0.25) is 9.79 Å². The van der Waals surface area contributed by atoms with Crippen LogP contribution < -0.4 is 5.73 Å². The van der Waals surface area contributed by atoms with Crippen LogP contribution in [-0.4, -0.2) is 73.3 Å². The standard InChI is InChI=1S/C19H36N4O4.HI/c1-19(2,3)27-18(25)23-14-12-22(13-15-23)17(20)21-11-9-7-5-6-8-10-16(24)26-4;/h5-15H2,1-4H3,(H2,20,21);1H. The van der Waals surface area contributed by atoms with Gasteiger partial charge in [-0.1, -0.05) is 19.3 Å². The maximum atomic E-state index is 12.1. The molecule has 0 bridgehead atoms. The fourth-order valence-corrected chi connectivity index (χ4v) is 2.75. The number of unbranched alkanes of at least 4 members (excludes halogenated alkanes) is 4. The molecule has 0 aromatic carbocycles. The fraction of sp³-hybridized carbons (Fsp3) is 0.842. The number of hydrogen-bond donors (Lipinski definition) is 1. The van der Waals surface area contributed by atoms with Crippen molar-refractivity contribution < 1.29 is 19.1 Å². The number of aliphatic imine (C=N–C) groups is 1. The van der Waals surface area contributed by atoms with Gasteiger partial charge in [-0.05, 0) is 33.6 Å². The smallest absolute Gasteiger partial charge is 0.410 e. The monoisotopic (exact) mass is 512 g/mol. The highest BCUT2D eigenvalue weighted by Gasteiger charge is 2.26. The minimum Gasteiger partial charge on any atom is -0.469 e. The Morgan fingerprint density at radius 3 is 2.07 bits per heavy atom. The van der Waals surface area contributed by atoms with Gasteiger partial charge in [0.2, 0.25) is 0 Å². The van der Waals surface area contributed by atoms with Crippen LogP contribution in [0.4, 0.5) is 4.79 Å². The molecular formula is C19H37IN4O4. The highest BCUT2D eigenvalue weighted by atomic mass is 127. The Bertz CT molecular complexity index is 501. The molecule has 0 atom stereocenters. The Kier molecular flexibility index (Phi) is 13.2. The van der Waals surface area contributed by atoms with Crippen molar-refractivity contribution in [3.8, 4) is 0 Å². The summed E-state index contributed by atoms with van der Waals surface area (Å²) in [5.41, 5.74) is 5.59. The number of amides is 1. The van der Waals surface area contributed by atoms with Gasteiger partial charge in [0.05, 0.1) is 7.11 Å². The third kappa shape index (κ3) is 11.6. The van der Waals surface area contributed by atoms with Crippen molar-refractivity contribution in [3.63, 3.8) is 0 Å². The Morgan fingerprint density at radius 1 is 0.964 bits per heavy atom. The number of methoxy groups -OCH3 is 1. The predicted octanol–water partition coefficient (Wildman–Crippen LogP) is 2.99. The summed E-state index contributed by atoms with van der Waals surface area (Å²) < 4.78 is 10.0. The summed E-state index contributed by atoms with van der Waals surface area (Å²) >= 11 is 0. The van der Waals surface area contributed by atoms with Gasteiger partial charge in [-0.15, -0.1) is 24.0 Å². The van der Waals surface area contributed by atoms with Gasteiger partial charge >= 0.3 is 12.1 Å². The lowest BCUT2D eigenvalue weighted by atomic mass is 10.1. The molecule has 0 aromatic rings. The van der Waals surface area contributed by atoms with Crippen molar-refractivity contribution in [2.24, 2.45) is 10.7 Å². The van der Waals surface area contributed by atoms with Crippen molar-refractivity contribution in [1.82, 2.24) is 9.80 Å². The molecule has 0 aromatic heterocycles. The number of ether oxygens (including phenoxy) is 2. The zero-order chi connectivity index (χ0) is 20.3. The average Bonchev–Trinajstić information content (AvgIpc) is 2.62. The minimum atomic E-state index is -0.478. The van der Waals surface area contributed by atoms with E-state index in [-0.39, 0.29) is 36.0 Å². The zero-order valence-corrected chi connectivity index (χ0v) is 20.1. The van der Waals surface area contributed by atoms with E-state index in [1.165, 1.54) is 7.11 Å². The van der Waals surface area contributed by atoms with E-state index < -0.39 is 5.60 Å². The molecule has 8 nitrogen and oxygen atoms in total. The molecule has 2 N–H and O–H groups in total. The van der Waals surface area contributed by atoms with E-state index in [4.69, 9.17) is 10.5 Å². The van der Waals surface area contributed by atoms with E-state index in [2.05, 4.69) is 9.73 Å². The molecule has 9 heteroatoms. The fourth-order valence-electron chi connectivity index (χ4n) is 2.75. The van der Waals surface area contributed by atoms with Gasteiger partial charge in [0.1, 0.15) is 5.60 Å². The van der Waals surface area contributed by atoms with Crippen LogP contribution in [-0.2, 0) is 14.3 Å². The SMILES string of the molecule is COC(=O)CCCCCCCN=C(N)N1CCN(C(=O)OC(C)(C)C)CC1.I. The summed E-state index contributed by atoms with van der Waals surface area (Å²) in [6, 6.07) is 0. The number of rotatable bonds is 8. The topological polar surface area (TPSA) is 97.5 Å². The number of esters is 1. The first-order chi connectivity index (χ1) is 12.7. The average molecular weight is 512 g/mol. The molecule has 0 aliphatic carbocycles. The molecule has 1 aliphatic rings. The number of nitrogens with two attached hydrogens (primary N) is 1. The maximum absolute atomic E-state index is 12.1. The number of halogens is 1. The van der Waals surface area contributed by atoms with Gasteiger partial charge in [-0.25, -0.2) is 4.79 Å². The summed E-state index contributed by atoms with van der Waals surface area (Å²) in [5, 5.41) is 0. The Labute approximate surface area is 186 Å². The summed E-state index contributed by atoms with van der Waals surface area (Å²) in [4.78, 5) is 31.2. The van der Waals surface area contributed by atoms with Crippen LogP contribution in [0.1, 0.15) is 59.3 Å². The summed E-state index contributed by atoms with van der Waals surface area (Å²) in [6.07, 6.45) is 5.27. The second-order valence-corrected chi connectivity index (χ2v) is 7.79. The van der Waals surface area contributed by atoms with Crippen molar-refractivity contribution in [2.75, 3.05) is 39.8 Å². The van der Waals surface area contributed by atoms with Crippen LogP contribution in [0.2, 0.25) is 0 Å². The van der Waals surface area contributed by atoms with E-state index in [9.17, 15) is 9.59 Å². The molecular weight excluding hydrogens is 475 g/mol. The maximum Gasteiger partial charge on any atom is 0.410 e. The van der Waals surface area contributed by atoms with Crippen molar-refractivity contribution >= 4 is 42.0 Å². The third-order valence-electron chi connectivity index (χ3n) is 4.30. The first-order valence-corrected chi connectivity index (χ1v) is 9.82. The quantitative estimate of drug-likeness (QED) is 0.177. The number of carbonyl (C=O) groups is 2. The van der Waals surface area contributed by atoms with E-state index in [1.807, 2.05) is 25.7 Å². The number of piperazine rings is 1. The van der Waals surface area contributed by atoms with Gasteiger partial charge < -0.3 is 25.0 Å². The summed E-state index contributed by atoms with van der Waals surface area (Å²) in [5.74, 6) is 0.406. The van der Waals surface area contributed by atoms with E-state index >= 15 is 0 Å². The Morgan fingerprint density at radius 2 is 1.50 bits per heavy atom. The molecule has 28 heavy (non-hydrogen) atoms. The molecule has 0 saturated carbocycles. The van der Waals surface area contributed by atoms with E-state index in [0.717, 1.165) is 32.1 Å². The molecule has 1 aliphatic heterocycles. The van der Waals surface area contributed by atoms with Crippen LogP contribution in [0, 0.1) is 0 Å². The highest BCUT2D eigenvalue weighted by Crippen LogP contribution is 2.12. The van der Waals surface area contributed by atoms with Crippen LogP contribution in [0.25, 0.3) is 0 Å². The molecule has 1 saturated heterocycles. The number of carbonyl (C=O) groups excluding carboxylic acids is 2. The summed E-state index contributed by atoms with van der Waals surface area (Å²) in [7, 11) is 1.42. The molecule has 1 fully saturated rings. The van der Waals surface area contributed by atoms with Crippen molar-refractivity contribution in [2.45, 2.75) is 64.9 Å². The van der Waals surface area contributed by atoms with Gasteiger partial charge in [0.15, 0.2) is 5.96 Å². The van der Waals surface area contributed by atoms with Gasteiger partial charge in [0.25, 0.3) is 0 Å². The molecule has 1 rings (SSSR count). The molecule has 0 radical (unpaired) electrons. The highest BCUT2D eigenvalue weighted by molar-refractivity contribution is 14.0. The summed E-state index contributed by atoms with van der Waals surface area (Å²) in [6.45, 7) is 8.82. The lowest BCUT2D eigenvalue weighted by molar-refractivity contribution is -0.140. The number of nitrogens with zero attached hydrogens (tertiary/aromatic N) is 3. The van der Waals surface area contributed by atoms with Gasteiger partial charge in [-0.2, -0.15) is 0 Å². The lowest BCUT2D eigenvalue weighted by Crippen LogP contribution is -2.53. The first-order valence-electron chi connectivity index (χ1n) is 9.82. The first kappa shape index (κ1) is 26.7. The molecule has 1 amide bonds. The normalized spacial score (nSPS) is 15.1. The van der Waals surface area contributed by atoms with Crippen molar-refractivity contribution in [1.29, 1.82) is 0 Å². The van der Waals surface area contributed by atoms with Crippen LogP contribution in [0.15, 0.2) is 4.99 Å². The second kappa shape index (κ2) is 13.8. The van der Waals surface area contributed by atoms with E-state index in [0.29, 0.717) is 45.1 Å². The lowest BCUT2D eigenvalue weighted by Gasteiger charge is -2.36. The van der Waals surface area contributed by atoms with Crippen LogP contribution >= 0.6 is 24.0 Å². The molecule has 164 valence electrons. The van der Waals surface area contributed by atoms with Gasteiger partial charge in [0, 0.05) is 39.1 Å².